The lowest BCUT2D eigenvalue weighted by molar-refractivity contribution is 0.0994. The minimum Gasteiger partial charge on any atom is -0.308 e. The van der Waals surface area contributed by atoms with Crippen molar-refractivity contribution in [1.29, 1.82) is 0 Å². The topological polar surface area (TPSA) is 57.7 Å². The number of hydrogen-bond acceptors (Lipinski definition) is 3. The fourth-order valence-corrected chi connectivity index (χ4v) is 5.83. The highest BCUT2D eigenvalue weighted by Crippen LogP contribution is 2.40. The van der Waals surface area contributed by atoms with Gasteiger partial charge in [0.15, 0.2) is 0 Å². The van der Waals surface area contributed by atoms with Crippen molar-refractivity contribution in [3.8, 4) is 0 Å². The molecule has 0 bridgehead atoms. The van der Waals surface area contributed by atoms with E-state index in [9.17, 15) is 13.2 Å². The lowest BCUT2D eigenvalue weighted by atomic mass is 10.1. The van der Waals surface area contributed by atoms with Crippen LogP contribution < -0.4 is 4.90 Å². The average Bonchev–Trinajstić information content (AvgIpc) is 3.00. The average molecular weight is 417 g/mol. The molecule has 0 spiro atoms. The van der Waals surface area contributed by atoms with Crippen LogP contribution >= 0.6 is 0 Å². The lowest BCUT2D eigenvalue weighted by Gasteiger charge is -2.23. The molecule has 158 valence electrons. The minimum absolute atomic E-state index is 0.0506. The minimum atomic E-state index is -3.63. The summed E-state index contributed by atoms with van der Waals surface area (Å²) in [4.78, 5) is 14.8. The van der Waals surface area contributed by atoms with Crippen LogP contribution in [0.25, 0.3) is 10.8 Å². The molecule has 1 aliphatic rings. The van der Waals surface area contributed by atoms with Crippen LogP contribution in [0.4, 0.5) is 5.69 Å². The van der Waals surface area contributed by atoms with Crippen LogP contribution in [0, 0.1) is 0 Å². The van der Waals surface area contributed by atoms with Crippen molar-refractivity contribution in [1.82, 2.24) is 4.31 Å². The van der Waals surface area contributed by atoms with Crippen LogP contribution in [0.1, 0.15) is 69.7 Å². The zero-order valence-corrected chi connectivity index (χ0v) is 18.6. The van der Waals surface area contributed by atoms with Crippen LogP contribution in [0.5, 0.6) is 0 Å². The molecule has 0 saturated carbocycles. The lowest BCUT2D eigenvalue weighted by Crippen LogP contribution is -2.33. The van der Waals surface area contributed by atoms with Gasteiger partial charge in [0.25, 0.3) is 5.91 Å². The van der Waals surface area contributed by atoms with E-state index in [0.717, 1.165) is 49.6 Å². The Balaban J connectivity index is 2.06. The van der Waals surface area contributed by atoms with E-state index in [-0.39, 0.29) is 5.91 Å². The third-order valence-electron chi connectivity index (χ3n) is 5.70. The molecule has 1 aliphatic heterocycles. The molecule has 0 radical (unpaired) electrons. The van der Waals surface area contributed by atoms with Crippen molar-refractivity contribution in [2.75, 3.05) is 24.5 Å². The third kappa shape index (κ3) is 4.05. The standard InChI is InChI=1S/C23H32N2O3S/c1-4-7-9-16-24(17-10-8-5-2)29(27,28)21-15-14-20-22-18(21)12-11-13-19(22)23(26)25(20)6-3/h11-15H,4-10,16-17H2,1-3H3. The Kier molecular flexibility index (Phi) is 6.96. The Labute approximate surface area is 174 Å². The first-order valence-corrected chi connectivity index (χ1v) is 12.3. The number of rotatable bonds is 11. The summed E-state index contributed by atoms with van der Waals surface area (Å²) in [7, 11) is -3.63. The molecule has 0 aliphatic carbocycles. The molecule has 29 heavy (non-hydrogen) atoms. The maximum Gasteiger partial charge on any atom is 0.258 e. The van der Waals surface area contributed by atoms with Gasteiger partial charge in [-0.3, -0.25) is 4.79 Å². The number of amides is 1. The number of benzene rings is 2. The molecule has 1 heterocycles. The third-order valence-corrected chi connectivity index (χ3v) is 7.66. The second-order valence-electron chi connectivity index (χ2n) is 7.68. The van der Waals surface area contributed by atoms with Gasteiger partial charge in [-0.25, -0.2) is 8.42 Å². The molecular weight excluding hydrogens is 384 g/mol. The second-order valence-corrected chi connectivity index (χ2v) is 9.59. The molecule has 0 atom stereocenters. The smallest absolute Gasteiger partial charge is 0.258 e. The highest BCUT2D eigenvalue weighted by molar-refractivity contribution is 7.89. The number of anilines is 1. The van der Waals surface area contributed by atoms with Gasteiger partial charge in [0.1, 0.15) is 0 Å². The Hall–Kier alpha value is -1.92. The van der Waals surface area contributed by atoms with E-state index in [1.54, 1.807) is 33.5 Å². The molecule has 0 fully saturated rings. The number of unbranched alkanes of at least 4 members (excludes halogenated alkanes) is 4. The van der Waals surface area contributed by atoms with E-state index in [1.807, 2.05) is 13.0 Å². The predicted molar refractivity (Wildman–Crippen MR) is 119 cm³/mol. The molecule has 2 aromatic carbocycles. The largest absolute Gasteiger partial charge is 0.308 e. The number of sulfonamides is 1. The number of carbonyl (C=O) groups excluding carboxylic acids is 1. The first-order valence-electron chi connectivity index (χ1n) is 10.8. The van der Waals surface area contributed by atoms with Gasteiger partial charge in [0.2, 0.25) is 10.0 Å². The van der Waals surface area contributed by atoms with Crippen LogP contribution in [-0.4, -0.2) is 38.3 Å². The SMILES string of the molecule is CCCCCN(CCCCC)S(=O)(=O)c1ccc2c3c(cccc13)C(=O)N2CC. The molecule has 3 rings (SSSR count). The van der Waals surface area contributed by atoms with E-state index in [0.29, 0.717) is 35.5 Å². The van der Waals surface area contributed by atoms with Gasteiger partial charge in [0, 0.05) is 36.0 Å². The van der Waals surface area contributed by atoms with E-state index >= 15 is 0 Å². The van der Waals surface area contributed by atoms with Crippen molar-refractivity contribution in [2.45, 2.75) is 64.2 Å². The fourth-order valence-electron chi connectivity index (χ4n) is 4.13. The fraction of sp³-hybridized carbons (Fsp3) is 0.522. The second kappa shape index (κ2) is 9.26. The Morgan fingerprint density at radius 2 is 1.55 bits per heavy atom. The van der Waals surface area contributed by atoms with E-state index < -0.39 is 10.0 Å². The Bertz CT molecular complexity index is 975. The molecule has 6 heteroatoms. The predicted octanol–water partition coefficient (Wildman–Crippen LogP) is 5.19. The van der Waals surface area contributed by atoms with Crippen molar-refractivity contribution in [2.24, 2.45) is 0 Å². The molecule has 0 saturated heterocycles. The summed E-state index contributed by atoms with van der Waals surface area (Å²) in [6.07, 6.45) is 5.88. The van der Waals surface area contributed by atoms with Crippen molar-refractivity contribution < 1.29 is 13.2 Å². The van der Waals surface area contributed by atoms with Gasteiger partial charge in [-0.1, -0.05) is 51.7 Å². The molecule has 1 amide bonds. The maximum absolute atomic E-state index is 13.6. The zero-order chi connectivity index (χ0) is 21.0. The van der Waals surface area contributed by atoms with Crippen LogP contribution in [0.2, 0.25) is 0 Å². The highest BCUT2D eigenvalue weighted by Gasteiger charge is 2.33. The zero-order valence-electron chi connectivity index (χ0n) is 17.8. The summed E-state index contributed by atoms with van der Waals surface area (Å²) < 4.78 is 28.9. The van der Waals surface area contributed by atoms with Crippen molar-refractivity contribution in [3.63, 3.8) is 0 Å². The first-order chi connectivity index (χ1) is 14.0. The van der Waals surface area contributed by atoms with Gasteiger partial charge in [-0.05, 0) is 38.0 Å². The normalized spacial score (nSPS) is 13.8. The molecule has 2 aromatic rings. The van der Waals surface area contributed by atoms with E-state index in [4.69, 9.17) is 0 Å². The summed E-state index contributed by atoms with van der Waals surface area (Å²) in [5, 5.41) is 1.42. The van der Waals surface area contributed by atoms with Crippen molar-refractivity contribution in [3.05, 3.63) is 35.9 Å². The summed E-state index contributed by atoms with van der Waals surface area (Å²) in [5.41, 5.74) is 1.41. The Morgan fingerprint density at radius 1 is 0.897 bits per heavy atom. The van der Waals surface area contributed by atoms with E-state index in [1.165, 1.54) is 0 Å². The summed E-state index contributed by atoms with van der Waals surface area (Å²) >= 11 is 0. The summed E-state index contributed by atoms with van der Waals surface area (Å²) in [6, 6.07) is 8.89. The number of carbonyl (C=O) groups is 1. The quantitative estimate of drug-likeness (QED) is 0.474. The first kappa shape index (κ1) is 21.8. The van der Waals surface area contributed by atoms with Gasteiger partial charge in [-0.2, -0.15) is 4.31 Å². The van der Waals surface area contributed by atoms with Crippen LogP contribution in [0.15, 0.2) is 35.2 Å². The molecule has 0 unspecified atom stereocenters. The molecule has 5 nitrogen and oxygen atoms in total. The van der Waals surface area contributed by atoms with Gasteiger partial charge < -0.3 is 4.90 Å². The molecule has 0 N–H and O–H groups in total. The summed E-state index contributed by atoms with van der Waals surface area (Å²) in [5.74, 6) is -0.0506. The number of nitrogens with zero attached hydrogens (tertiary/aromatic N) is 2. The highest BCUT2D eigenvalue weighted by atomic mass is 32.2. The maximum atomic E-state index is 13.6. The Morgan fingerprint density at radius 3 is 2.14 bits per heavy atom. The summed E-state index contributed by atoms with van der Waals surface area (Å²) in [6.45, 7) is 7.83. The molecule has 0 aromatic heterocycles. The monoisotopic (exact) mass is 416 g/mol. The molecular formula is C23H32N2O3S. The van der Waals surface area contributed by atoms with Crippen LogP contribution in [0.3, 0.4) is 0 Å². The van der Waals surface area contributed by atoms with Gasteiger partial charge in [0.05, 0.1) is 10.6 Å². The number of hydrogen-bond donors (Lipinski definition) is 0. The van der Waals surface area contributed by atoms with Gasteiger partial charge >= 0.3 is 0 Å². The van der Waals surface area contributed by atoms with Crippen molar-refractivity contribution >= 4 is 32.4 Å². The van der Waals surface area contributed by atoms with E-state index in [2.05, 4.69) is 13.8 Å². The van der Waals surface area contributed by atoms with Gasteiger partial charge in [-0.15, -0.1) is 0 Å². The van der Waals surface area contributed by atoms with Crippen LogP contribution in [-0.2, 0) is 10.0 Å².